The smallest absolute Gasteiger partial charge is 0.331 e. The summed E-state index contributed by atoms with van der Waals surface area (Å²) in [6.45, 7) is 2.16. The quantitative estimate of drug-likeness (QED) is 0.219. The number of hydrazine groups is 1. The van der Waals surface area contributed by atoms with Crippen LogP contribution in [0.25, 0.3) is 6.08 Å². The zero-order valence-corrected chi connectivity index (χ0v) is 21.1. The Bertz CT molecular complexity index is 1210. The van der Waals surface area contributed by atoms with Gasteiger partial charge in [-0.3, -0.25) is 20.4 Å². The Morgan fingerprint density at radius 2 is 1.64 bits per heavy atom. The Labute approximate surface area is 217 Å². The van der Waals surface area contributed by atoms with Gasteiger partial charge in [0.1, 0.15) is 6.61 Å². The van der Waals surface area contributed by atoms with Gasteiger partial charge in [-0.2, -0.15) is 0 Å². The van der Waals surface area contributed by atoms with Gasteiger partial charge < -0.3 is 14.2 Å². The number of carbonyl (C=O) groups excluding carboxylic acids is 3. The lowest BCUT2D eigenvalue weighted by atomic mass is 10.2. The molecule has 0 aromatic heterocycles. The highest BCUT2D eigenvalue weighted by molar-refractivity contribution is 9.10. The molecule has 0 aliphatic carbocycles. The highest BCUT2D eigenvalue weighted by Crippen LogP contribution is 2.29. The normalized spacial score (nSPS) is 10.5. The maximum atomic E-state index is 12.0. The summed E-state index contributed by atoms with van der Waals surface area (Å²) in [5, 5.41) is 0. The van der Waals surface area contributed by atoms with Crippen LogP contribution < -0.4 is 20.3 Å². The van der Waals surface area contributed by atoms with Crippen molar-refractivity contribution < 1.29 is 28.6 Å². The van der Waals surface area contributed by atoms with Gasteiger partial charge >= 0.3 is 5.97 Å². The lowest BCUT2D eigenvalue weighted by Gasteiger charge is -2.12. The topological polar surface area (TPSA) is 103 Å². The minimum Gasteiger partial charge on any atom is -0.490 e. The molecule has 0 unspecified atom stereocenters. The summed E-state index contributed by atoms with van der Waals surface area (Å²) >= 11 is 3.28. The molecular formula is C27H25BrN2O6. The van der Waals surface area contributed by atoms with Crippen LogP contribution in [-0.4, -0.2) is 31.0 Å². The first-order valence-electron chi connectivity index (χ1n) is 11.1. The van der Waals surface area contributed by atoms with Gasteiger partial charge in [0.05, 0.1) is 6.61 Å². The highest BCUT2D eigenvalue weighted by atomic mass is 79.9. The van der Waals surface area contributed by atoms with Crippen LogP contribution >= 0.6 is 15.9 Å². The number of ether oxygens (including phenoxy) is 3. The van der Waals surface area contributed by atoms with Crippen LogP contribution in [0, 0.1) is 0 Å². The van der Waals surface area contributed by atoms with Gasteiger partial charge in [-0.1, -0.05) is 52.3 Å². The molecule has 36 heavy (non-hydrogen) atoms. The van der Waals surface area contributed by atoms with E-state index < -0.39 is 24.4 Å². The van der Waals surface area contributed by atoms with Crippen molar-refractivity contribution in [2.75, 3.05) is 13.2 Å². The predicted molar refractivity (Wildman–Crippen MR) is 138 cm³/mol. The van der Waals surface area contributed by atoms with Crippen molar-refractivity contribution in [2.24, 2.45) is 0 Å². The van der Waals surface area contributed by atoms with Crippen molar-refractivity contribution in [3.63, 3.8) is 0 Å². The molecule has 0 radical (unpaired) electrons. The van der Waals surface area contributed by atoms with E-state index in [2.05, 4.69) is 26.8 Å². The molecule has 0 bridgehead atoms. The molecule has 8 nitrogen and oxygen atoms in total. The van der Waals surface area contributed by atoms with E-state index in [1.54, 1.807) is 48.5 Å². The SMILES string of the molecule is CCOc1cc(/C=C/C(=O)OCC(=O)NNC(=O)c2ccc(Br)cc2)ccc1OCc1ccccc1. The summed E-state index contributed by atoms with van der Waals surface area (Å²) in [7, 11) is 0. The van der Waals surface area contributed by atoms with E-state index in [0.29, 0.717) is 35.8 Å². The lowest BCUT2D eigenvalue weighted by molar-refractivity contribution is -0.144. The van der Waals surface area contributed by atoms with Crippen molar-refractivity contribution in [1.82, 2.24) is 10.9 Å². The first kappa shape index (κ1) is 26.5. The summed E-state index contributed by atoms with van der Waals surface area (Å²) < 4.78 is 17.3. The molecule has 0 saturated carbocycles. The third-order valence-electron chi connectivity index (χ3n) is 4.68. The lowest BCUT2D eigenvalue weighted by Crippen LogP contribution is -2.43. The van der Waals surface area contributed by atoms with E-state index in [1.807, 2.05) is 37.3 Å². The molecule has 9 heteroatoms. The second kappa shape index (κ2) is 13.7. The maximum Gasteiger partial charge on any atom is 0.331 e. The Kier molecular flexibility index (Phi) is 10.1. The second-order valence-corrected chi connectivity index (χ2v) is 8.28. The van der Waals surface area contributed by atoms with Crippen molar-refractivity contribution >= 4 is 39.8 Å². The molecule has 0 fully saturated rings. The second-order valence-electron chi connectivity index (χ2n) is 7.36. The number of amides is 2. The molecular weight excluding hydrogens is 528 g/mol. The van der Waals surface area contributed by atoms with E-state index in [-0.39, 0.29) is 0 Å². The molecule has 2 amide bonds. The minimum atomic E-state index is -0.716. The monoisotopic (exact) mass is 552 g/mol. The van der Waals surface area contributed by atoms with Gasteiger partial charge in [0.25, 0.3) is 11.8 Å². The molecule has 0 saturated heterocycles. The highest BCUT2D eigenvalue weighted by Gasteiger charge is 2.10. The van der Waals surface area contributed by atoms with E-state index >= 15 is 0 Å². The number of esters is 1. The molecule has 0 spiro atoms. The summed E-state index contributed by atoms with van der Waals surface area (Å²) in [5.41, 5.74) is 6.53. The van der Waals surface area contributed by atoms with Gasteiger partial charge in [0.15, 0.2) is 18.1 Å². The molecule has 0 heterocycles. The van der Waals surface area contributed by atoms with E-state index in [4.69, 9.17) is 14.2 Å². The molecule has 186 valence electrons. The van der Waals surface area contributed by atoms with E-state index in [1.165, 1.54) is 6.08 Å². The van der Waals surface area contributed by atoms with Crippen molar-refractivity contribution in [3.05, 3.63) is 100 Å². The average Bonchev–Trinajstić information content (AvgIpc) is 2.90. The van der Waals surface area contributed by atoms with Gasteiger partial charge in [-0.25, -0.2) is 4.79 Å². The first-order valence-corrected chi connectivity index (χ1v) is 11.9. The van der Waals surface area contributed by atoms with Crippen molar-refractivity contribution in [2.45, 2.75) is 13.5 Å². The largest absolute Gasteiger partial charge is 0.490 e. The summed E-state index contributed by atoms with van der Waals surface area (Å²) in [6, 6.07) is 21.6. The average molecular weight is 553 g/mol. The molecule has 0 aliphatic rings. The van der Waals surface area contributed by atoms with Gasteiger partial charge in [0.2, 0.25) is 0 Å². The Morgan fingerprint density at radius 3 is 2.36 bits per heavy atom. The summed E-state index contributed by atoms with van der Waals surface area (Å²) in [4.78, 5) is 35.9. The third-order valence-corrected chi connectivity index (χ3v) is 5.21. The standard InChI is InChI=1S/C27H25BrN2O6/c1-2-34-24-16-19(8-14-23(24)35-17-20-6-4-3-5-7-20)9-15-26(32)36-18-25(31)29-30-27(33)21-10-12-22(28)13-11-21/h3-16H,2,17-18H2,1H3,(H,29,31)(H,30,33)/b15-9+. The van der Waals surface area contributed by atoms with Crippen LogP contribution in [0.1, 0.15) is 28.4 Å². The molecule has 2 N–H and O–H groups in total. The Morgan fingerprint density at radius 1 is 0.889 bits per heavy atom. The number of halogens is 1. The van der Waals surface area contributed by atoms with Crippen molar-refractivity contribution in [1.29, 1.82) is 0 Å². The van der Waals surface area contributed by atoms with Crippen LogP contribution in [0.5, 0.6) is 11.5 Å². The number of carbonyl (C=O) groups is 3. The van der Waals surface area contributed by atoms with Crippen LogP contribution in [0.3, 0.4) is 0 Å². The minimum absolute atomic E-state index is 0.362. The Hall–Kier alpha value is -4.11. The predicted octanol–water partition coefficient (Wildman–Crippen LogP) is 4.44. The van der Waals surface area contributed by atoms with Gasteiger partial charge in [0, 0.05) is 16.1 Å². The fraction of sp³-hybridized carbons (Fsp3) is 0.148. The fourth-order valence-electron chi connectivity index (χ4n) is 2.94. The van der Waals surface area contributed by atoms with Crippen molar-refractivity contribution in [3.8, 4) is 11.5 Å². The molecule has 3 rings (SSSR count). The summed E-state index contributed by atoms with van der Waals surface area (Å²) in [6.07, 6.45) is 2.74. The Balaban J connectivity index is 1.47. The first-order chi connectivity index (χ1) is 17.4. The summed E-state index contributed by atoms with van der Waals surface area (Å²) in [5.74, 6) is -0.761. The maximum absolute atomic E-state index is 12.0. The molecule has 0 aliphatic heterocycles. The van der Waals surface area contributed by atoms with Gasteiger partial charge in [-0.05, 0) is 60.5 Å². The van der Waals surface area contributed by atoms with Crippen LogP contribution in [0.4, 0.5) is 0 Å². The zero-order chi connectivity index (χ0) is 25.8. The number of nitrogens with one attached hydrogen (secondary N) is 2. The third kappa shape index (κ3) is 8.59. The zero-order valence-electron chi connectivity index (χ0n) is 19.5. The van der Waals surface area contributed by atoms with Crippen LogP contribution in [-0.2, 0) is 20.9 Å². The van der Waals surface area contributed by atoms with Crippen LogP contribution in [0.2, 0.25) is 0 Å². The van der Waals surface area contributed by atoms with Crippen LogP contribution in [0.15, 0.2) is 83.3 Å². The number of benzene rings is 3. The fourth-order valence-corrected chi connectivity index (χ4v) is 3.20. The van der Waals surface area contributed by atoms with Gasteiger partial charge in [-0.15, -0.1) is 0 Å². The molecule has 0 atom stereocenters. The molecule has 3 aromatic carbocycles. The van der Waals surface area contributed by atoms with E-state index in [9.17, 15) is 14.4 Å². The number of hydrogen-bond donors (Lipinski definition) is 2. The number of rotatable bonds is 10. The number of hydrogen-bond acceptors (Lipinski definition) is 6. The van der Waals surface area contributed by atoms with E-state index in [0.717, 1.165) is 10.0 Å². The molecule has 3 aromatic rings.